The van der Waals surface area contributed by atoms with Crippen LogP contribution in [-0.4, -0.2) is 61.2 Å². The summed E-state index contributed by atoms with van der Waals surface area (Å²) in [5.74, 6) is -0.825. The number of carbonyl (C=O) groups excluding carboxylic acids is 1. The van der Waals surface area contributed by atoms with Crippen molar-refractivity contribution in [3.05, 3.63) is 0 Å². The minimum Gasteiger partial charge on any atom is -0.481 e. The van der Waals surface area contributed by atoms with Crippen molar-refractivity contribution in [2.24, 2.45) is 5.41 Å². The van der Waals surface area contributed by atoms with Crippen LogP contribution in [0.5, 0.6) is 0 Å². The largest absolute Gasteiger partial charge is 0.481 e. The number of carbonyl (C=O) groups is 2. The molecule has 2 rings (SSSR count). The van der Waals surface area contributed by atoms with Crippen molar-refractivity contribution >= 4 is 11.9 Å². The maximum atomic E-state index is 12.0. The normalized spacial score (nSPS) is 23.2. The van der Waals surface area contributed by atoms with Crippen LogP contribution in [0.3, 0.4) is 0 Å². The summed E-state index contributed by atoms with van der Waals surface area (Å²) in [6.45, 7) is 4.35. The van der Waals surface area contributed by atoms with Gasteiger partial charge in [0.05, 0.1) is 12.0 Å². The van der Waals surface area contributed by atoms with E-state index >= 15 is 0 Å². The lowest BCUT2D eigenvalue weighted by atomic mass is 9.86. The average molecular weight is 283 g/mol. The van der Waals surface area contributed by atoms with Crippen LogP contribution in [0.4, 0.5) is 0 Å². The molecular formula is C14H25N3O3. The quantitative estimate of drug-likeness (QED) is 0.664. The number of rotatable bonds is 5. The molecule has 0 aromatic carbocycles. The van der Waals surface area contributed by atoms with E-state index < -0.39 is 11.4 Å². The van der Waals surface area contributed by atoms with Crippen molar-refractivity contribution in [3.8, 4) is 0 Å². The van der Waals surface area contributed by atoms with E-state index in [9.17, 15) is 14.7 Å². The van der Waals surface area contributed by atoms with Crippen LogP contribution in [0.2, 0.25) is 0 Å². The topological polar surface area (TPSA) is 81.7 Å². The van der Waals surface area contributed by atoms with Crippen LogP contribution in [0.1, 0.15) is 32.1 Å². The molecule has 6 nitrogen and oxygen atoms in total. The van der Waals surface area contributed by atoms with Gasteiger partial charge in [0.25, 0.3) is 0 Å². The predicted octanol–water partition coefficient (Wildman–Crippen LogP) is 0.0429. The van der Waals surface area contributed by atoms with Crippen LogP contribution in [0.15, 0.2) is 0 Å². The second-order valence-electron chi connectivity index (χ2n) is 5.95. The Kier molecular flexibility index (Phi) is 5.37. The maximum absolute atomic E-state index is 12.0. The highest BCUT2D eigenvalue weighted by molar-refractivity contribution is 5.80. The number of hydrogen-bond acceptors (Lipinski definition) is 4. The second-order valence-corrected chi connectivity index (χ2v) is 5.95. The fourth-order valence-electron chi connectivity index (χ4n) is 3.10. The van der Waals surface area contributed by atoms with Gasteiger partial charge in [-0.15, -0.1) is 0 Å². The Labute approximate surface area is 119 Å². The summed E-state index contributed by atoms with van der Waals surface area (Å²) in [7, 11) is 0. The molecule has 1 heterocycles. The Bertz CT molecular complexity index is 346. The first-order valence-corrected chi connectivity index (χ1v) is 7.56. The van der Waals surface area contributed by atoms with Gasteiger partial charge in [0.2, 0.25) is 5.91 Å². The molecule has 1 aliphatic heterocycles. The van der Waals surface area contributed by atoms with Crippen molar-refractivity contribution in [1.29, 1.82) is 0 Å². The molecule has 114 valence electrons. The monoisotopic (exact) mass is 283 g/mol. The van der Waals surface area contributed by atoms with Gasteiger partial charge in [-0.2, -0.15) is 0 Å². The van der Waals surface area contributed by atoms with Gasteiger partial charge < -0.3 is 15.7 Å². The molecule has 1 saturated carbocycles. The highest BCUT2D eigenvalue weighted by Gasteiger charge is 2.41. The minimum absolute atomic E-state index is 0.0561. The van der Waals surface area contributed by atoms with Crippen LogP contribution in [-0.2, 0) is 9.59 Å². The summed E-state index contributed by atoms with van der Waals surface area (Å²) in [4.78, 5) is 25.5. The third kappa shape index (κ3) is 3.93. The lowest BCUT2D eigenvalue weighted by Gasteiger charge is -2.25. The fraction of sp³-hybridized carbons (Fsp3) is 0.857. The number of amides is 1. The van der Waals surface area contributed by atoms with Gasteiger partial charge in [-0.25, -0.2) is 0 Å². The SMILES string of the molecule is O=C(CN1CCCNCC1)NCC1(C(=O)O)CCCC1. The molecular weight excluding hydrogens is 258 g/mol. The van der Waals surface area contributed by atoms with Crippen molar-refractivity contribution < 1.29 is 14.7 Å². The molecule has 3 N–H and O–H groups in total. The molecule has 0 bridgehead atoms. The first-order chi connectivity index (χ1) is 9.62. The molecule has 6 heteroatoms. The van der Waals surface area contributed by atoms with E-state index in [-0.39, 0.29) is 12.5 Å². The van der Waals surface area contributed by atoms with Gasteiger partial charge in [0.1, 0.15) is 0 Å². The number of carboxylic acid groups (broad SMARTS) is 1. The van der Waals surface area contributed by atoms with Gasteiger partial charge in [0, 0.05) is 19.6 Å². The van der Waals surface area contributed by atoms with Gasteiger partial charge in [0.15, 0.2) is 0 Å². The molecule has 2 fully saturated rings. The lowest BCUT2D eigenvalue weighted by molar-refractivity contribution is -0.148. The van der Waals surface area contributed by atoms with Crippen LogP contribution >= 0.6 is 0 Å². The molecule has 0 aromatic heterocycles. The summed E-state index contributed by atoms with van der Waals surface area (Å²) in [5, 5.41) is 15.5. The molecule has 0 radical (unpaired) electrons. The number of nitrogens with one attached hydrogen (secondary N) is 2. The van der Waals surface area contributed by atoms with Crippen molar-refractivity contribution in [1.82, 2.24) is 15.5 Å². The van der Waals surface area contributed by atoms with E-state index in [1.807, 2.05) is 0 Å². The number of hydrogen-bond donors (Lipinski definition) is 3. The van der Waals surface area contributed by atoms with Crippen molar-refractivity contribution in [2.75, 3.05) is 39.3 Å². The molecule has 2 aliphatic rings. The van der Waals surface area contributed by atoms with E-state index in [4.69, 9.17) is 0 Å². The van der Waals surface area contributed by atoms with Gasteiger partial charge in [-0.3, -0.25) is 14.5 Å². The molecule has 20 heavy (non-hydrogen) atoms. The van der Waals surface area contributed by atoms with Gasteiger partial charge >= 0.3 is 5.97 Å². The molecule has 0 spiro atoms. The summed E-state index contributed by atoms with van der Waals surface area (Å²) >= 11 is 0. The Morgan fingerprint density at radius 3 is 2.60 bits per heavy atom. The summed E-state index contributed by atoms with van der Waals surface area (Å²) in [5.41, 5.74) is -0.726. The first-order valence-electron chi connectivity index (χ1n) is 7.56. The maximum Gasteiger partial charge on any atom is 0.311 e. The zero-order chi connectivity index (χ0) is 14.4. The standard InChI is InChI=1S/C14H25N3O3/c18-12(10-17-8-3-6-15-7-9-17)16-11-14(13(19)20)4-1-2-5-14/h15H,1-11H2,(H,16,18)(H,19,20). The Hall–Kier alpha value is -1.14. The van der Waals surface area contributed by atoms with E-state index in [0.29, 0.717) is 19.4 Å². The fourth-order valence-corrected chi connectivity index (χ4v) is 3.10. The van der Waals surface area contributed by atoms with E-state index in [0.717, 1.165) is 45.4 Å². The third-order valence-corrected chi connectivity index (χ3v) is 4.44. The third-order valence-electron chi connectivity index (χ3n) is 4.44. The average Bonchev–Trinajstić information content (AvgIpc) is 2.77. The second kappa shape index (κ2) is 7.04. The van der Waals surface area contributed by atoms with E-state index in [1.165, 1.54) is 0 Å². The van der Waals surface area contributed by atoms with E-state index in [1.54, 1.807) is 0 Å². The molecule has 1 saturated heterocycles. The van der Waals surface area contributed by atoms with E-state index in [2.05, 4.69) is 15.5 Å². The zero-order valence-corrected chi connectivity index (χ0v) is 12.0. The minimum atomic E-state index is -0.769. The van der Waals surface area contributed by atoms with Crippen LogP contribution < -0.4 is 10.6 Å². The highest BCUT2D eigenvalue weighted by Crippen LogP contribution is 2.37. The summed E-state index contributed by atoms with van der Waals surface area (Å²) in [6, 6.07) is 0. The van der Waals surface area contributed by atoms with Gasteiger partial charge in [-0.05, 0) is 32.4 Å². The smallest absolute Gasteiger partial charge is 0.311 e. The van der Waals surface area contributed by atoms with Crippen molar-refractivity contribution in [3.63, 3.8) is 0 Å². The molecule has 0 aromatic rings. The summed E-state index contributed by atoms with van der Waals surface area (Å²) < 4.78 is 0. The Morgan fingerprint density at radius 2 is 1.90 bits per heavy atom. The molecule has 1 amide bonds. The lowest BCUT2D eigenvalue weighted by Crippen LogP contribution is -2.45. The first kappa shape index (κ1) is 15.3. The zero-order valence-electron chi connectivity index (χ0n) is 12.0. The predicted molar refractivity (Wildman–Crippen MR) is 75.5 cm³/mol. The van der Waals surface area contributed by atoms with Crippen molar-refractivity contribution in [2.45, 2.75) is 32.1 Å². The number of nitrogens with zero attached hydrogens (tertiary/aromatic N) is 1. The van der Waals surface area contributed by atoms with Gasteiger partial charge in [-0.1, -0.05) is 12.8 Å². The molecule has 0 atom stereocenters. The van der Waals surface area contributed by atoms with Crippen LogP contribution in [0, 0.1) is 5.41 Å². The highest BCUT2D eigenvalue weighted by atomic mass is 16.4. The Morgan fingerprint density at radius 1 is 1.15 bits per heavy atom. The van der Waals surface area contributed by atoms with Crippen LogP contribution in [0.25, 0.3) is 0 Å². The summed E-state index contributed by atoms with van der Waals surface area (Å²) in [6.07, 6.45) is 4.29. The number of aliphatic carboxylic acids is 1. The molecule has 1 aliphatic carbocycles. The Balaban J connectivity index is 1.77. The molecule has 0 unspecified atom stereocenters. The number of carboxylic acids is 1.